The first-order chi connectivity index (χ1) is 15.3. The summed E-state index contributed by atoms with van der Waals surface area (Å²) in [5, 5.41) is 17.0. The zero-order valence-electron chi connectivity index (χ0n) is 18.9. The zero-order chi connectivity index (χ0) is 23.8. The molecule has 0 spiro atoms. The van der Waals surface area contributed by atoms with Gasteiger partial charge in [-0.1, -0.05) is 0 Å². The van der Waals surface area contributed by atoms with Crippen molar-refractivity contribution in [3.8, 4) is 0 Å². The lowest BCUT2D eigenvalue weighted by Crippen LogP contribution is -2.48. The van der Waals surface area contributed by atoms with E-state index < -0.39 is 17.9 Å². The van der Waals surface area contributed by atoms with Gasteiger partial charge in [0.2, 0.25) is 17.7 Å². The second-order valence-corrected chi connectivity index (χ2v) is 7.54. The van der Waals surface area contributed by atoms with E-state index in [9.17, 15) is 24.3 Å². The molecule has 0 aromatic carbocycles. The summed E-state index contributed by atoms with van der Waals surface area (Å²) >= 11 is 0. The van der Waals surface area contributed by atoms with Crippen molar-refractivity contribution in [2.45, 2.75) is 25.3 Å². The Labute approximate surface area is 188 Å². The summed E-state index contributed by atoms with van der Waals surface area (Å²) in [6, 6.07) is -1.27. The molecule has 0 aromatic heterocycles. The van der Waals surface area contributed by atoms with Gasteiger partial charge in [-0.05, 0) is 33.0 Å². The maximum absolute atomic E-state index is 12.3. The van der Waals surface area contributed by atoms with Gasteiger partial charge in [0.05, 0.1) is 32.8 Å². The Hall–Kier alpha value is -2.28. The largest absolute Gasteiger partial charge is 0.480 e. The molecule has 1 saturated heterocycles. The number of ether oxygens (including phenoxy) is 3. The van der Waals surface area contributed by atoms with Crippen molar-refractivity contribution in [2.24, 2.45) is 5.92 Å². The summed E-state index contributed by atoms with van der Waals surface area (Å²) in [5.74, 6) is -2.54. The Morgan fingerprint density at radius 3 is 2.25 bits per heavy atom. The molecule has 12 nitrogen and oxygen atoms in total. The highest BCUT2D eigenvalue weighted by atomic mass is 16.5. The fourth-order valence-electron chi connectivity index (χ4n) is 3.01. The fraction of sp³-hybridized carbons (Fsp3) is 0.800. The summed E-state index contributed by atoms with van der Waals surface area (Å²) in [7, 11) is 3.52. The van der Waals surface area contributed by atoms with E-state index in [-0.39, 0.29) is 57.1 Å². The van der Waals surface area contributed by atoms with Crippen LogP contribution in [0.1, 0.15) is 19.3 Å². The van der Waals surface area contributed by atoms with Gasteiger partial charge in [0, 0.05) is 26.1 Å². The Kier molecular flexibility index (Phi) is 14.2. The number of hydrogen-bond donors (Lipinski definition) is 4. The average molecular weight is 461 g/mol. The van der Waals surface area contributed by atoms with E-state index in [0.717, 1.165) is 13.1 Å². The molecule has 1 fully saturated rings. The summed E-state index contributed by atoms with van der Waals surface area (Å²) < 4.78 is 15.3. The number of nitrogens with zero attached hydrogens (tertiary/aromatic N) is 1. The highest BCUT2D eigenvalue weighted by Gasteiger charge is 2.28. The van der Waals surface area contributed by atoms with Crippen LogP contribution in [-0.2, 0) is 33.4 Å². The molecule has 0 aliphatic carbocycles. The molecule has 32 heavy (non-hydrogen) atoms. The molecule has 12 heteroatoms. The molecule has 4 N–H and O–H groups in total. The number of carbonyl (C=O) groups is 4. The molecule has 0 bridgehead atoms. The monoisotopic (exact) mass is 460 g/mol. The molecule has 3 amide bonds. The lowest BCUT2D eigenvalue weighted by Gasteiger charge is -2.28. The van der Waals surface area contributed by atoms with Crippen molar-refractivity contribution < 1.29 is 38.5 Å². The maximum atomic E-state index is 12.3. The van der Waals surface area contributed by atoms with E-state index in [0.29, 0.717) is 26.0 Å². The molecule has 0 saturated carbocycles. The van der Waals surface area contributed by atoms with Crippen molar-refractivity contribution in [3.63, 3.8) is 0 Å². The van der Waals surface area contributed by atoms with Crippen LogP contribution in [0.5, 0.6) is 0 Å². The second kappa shape index (κ2) is 16.4. The Morgan fingerprint density at radius 1 is 0.969 bits per heavy atom. The van der Waals surface area contributed by atoms with Gasteiger partial charge >= 0.3 is 5.97 Å². The number of nitrogens with one attached hydrogen (secondary N) is 3. The number of hydrogen-bond acceptors (Lipinski definition) is 8. The van der Waals surface area contributed by atoms with E-state index in [4.69, 9.17) is 14.2 Å². The highest BCUT2D eigenvalue weighted by molar-refractivity contribution is 5.89. The van der Waals surface area contributed by atoms with Gasteiger partial charge in [0.25, 0.3) is 0 Å². The topological polar surface area (TPSA) is 156 Å². The van der Waals surface area contributed by atoms with Crippen LogP contribution in [0.2, 0.25) is 0 Å². The Morgan fingerprint density at radius 2 is 1.59 bits per heavy atom. The number of carboxylic acid groups (broad SMARTS) is 1. The van der Waals surface area contributed by atoms with Gasteiger partial charge in [0.15, 0.2) is 0 Å². The molecular formula is C20H36N4O8. The second-order valence-electron chi connectivity index (χ2n) is 7.54. The average Bonchev–Trinajstić information content (AvgIpc) is 2.75. The van der Waals surface area contributed by atoms with E-state index in [1.807, 2.05) is 7.05 Å². The van der Waals surface area contributed by atoms with Gasteiger partial charge < -0.3 is 40.2 Å². The van der Waals surface area contributed by atoms with Crippen LogP contribution in [-0.4, -0.2) is 113 Å². The summed E-state index contributed by atoms with van der Waals surface area (Å²) in [5.41, 5.74) is 0. The van der Waals surface area contributed by atoms with Crippen LogP contribution in [0, 0.1) is 5.92 Å². The number of rotatable bonds is 16. The van der Waals surface area contributed by atoms with Crippen molar-refractivity contribution in [2.75, 3.05) is 73.4 Å². The van der Waals surface area contributed by atoms with Gasteiger partial charge in [-0.25, -0.2) is 4.79 Å². The zero-order valence-corrected chi connectivity index (χ0v) is 18.9. The SMILES string of the molecule is COCCNC(=O)COCCOCCNC(=O)C[C@@H](NC(=O)C1CCN(C)CC1)C(=O)O. The van der Waals surface area contributed by atoms with Gasteiger partial charge in [-0.3, -0.25) is 14.4 Å². The molecule has 1 heterocycles. The smallest absolute Gasteiger partial charge is 0.326 e. The van der Waals surface area contributed by atoms with Gasteiger partial charge in [-0.2, -0.15) is 0 Å². The fourth-order valence-corrected chi connectivity index (χ4v) is 3.01. The molecule has 1 aliphatic heterocycles. The molecule has 1 rings (SSSR count). The number of aliphatic carboxylic acids is 1. The van der Waals surface area contributed by atoms with Crippen LogP contribution >= 0.6 is 0 Å². The summed E-state index contributed by atoms with van der Waals surface area (Å²) in [6.45, 7) is 3.18. The van der Waals surface area contributed by atoms with E-state index in [1.165, 1.54) is 0 Å². The third-order valence-electron chi connectivity index (χ3n) is 4.90. The standard InChI is InChI=1S/C20H36N4O8/c1-24-7-3-15(4-8-24)19(27)23-16(20(28)29)13-17(25)21-6-10-31-11-12-32-14-18(26)22-5-9-30-2/h15-16H,3-14H2,1-2H3,(H,21,25)(H,22,26)(H,23,27)(H,28,29)/t16-/m1/s1. The van der Waals surface area contributed by atoms with Crippen molar-refractivity contribution in [3.05, 3.63) is 0 Å². The Balaban J connectivity index is 2.12. The van der Waals surface area contributed by atoms with Crippen LogP contribution in [0.25, 0.3) is 0 Å². The van der Waals surface area contributed by atoms with Gasteiger partial charge in [0.1, 0.15) is 12.6 Å². The molecule has 1 atom stereocenters. The first kappa shape index (κ1) is 27.8. The molecule has 0 unspecified atom stereocenters. The number of amides is 3. The minimum absolute atomic E-state index is 0.0797. The first-order valence-corrected chi connectivity index (χ1v) is 10.7. The molecular weight excluding hydrogens is 424 g/mol. The quantitative estimate of drug-likeness (QED) is 0.195. The summed E-state index contributed by atoms with van der Waals surface area (Å²) in [6.07, 6.45) is 0.982. The number of carboxylic acids is 1. The minimum Gasteiger partial charge on any atom is -0.480 e. The molecule has 184 valence electrons. The minimum atomic E-state index is -1.27. The first-order valence-electron chi connectivity index (χ1n) is 10.7. The third-order valence-corrected chi connectivity index (χ3v) is 4.90. The molecule has 1 aliphatic rings. The van der Waals surface area contributed by atoms with Crippen LogP contribution < -0.4 is 16.0 Å². The number of carbonyl (C=O) groups excluding carboxylic acids is 3. The predicted octanol–water partition coefficient (Wildman–Crippen LogP) is -1.80. The number of piperidine rings is 1. The van der Waals surface area contributed by atoms with Crippen molar-refractivity contribution >= 4 is 23.7 Å². The van der Waals surface area contributed by atoms with Crippen LogP contribution in [0.4, 0.5) is 0 Å². The lowest BCUT2D eigenvalue weighted by molar-refractivity contribution is -0.144. The van der Waals surface area contributed by atoms with E-state index >= 15 is 0 Å². The van der Waals surface area contributed by atoms with Crippen molar-refractivity contribution in [1.29, 1.82) is 0 Å². The normalized spacial score (nSPS) is 15.7. The number of methoxy groups -OCH3 is 1. The van der Waals surface area contributed by atoms with Gasteiger partial charge in [-0.15, -0.1) is 0 Å². The lowest BCUT2D eigenvalue weighted by atomic mass is 9.96. The highest BCUT2D eigenvalue weighted by Crippen LogP contribution is 2.16. The van der Waals surface area contributed by atoms with Crippen LogP contribution in [0.15, 0.2) is 0 Å². The third kappa shape index (κ3) is 12.5. The Bertz CT molecular complexity index is 596. The van der Waals surface area contributed by atoms with E-state index in [1.54, 1.807) is 7.11 Å². The summed E-state index contributed by atoms with van der Waals surface area (Å²) in [4.78, 5) is 49.2. The maximum Gasteiger partial charge on any atom is 0.326 e. The number of likely N-dealkylation sites (tertiary alicyclic amines) is 1. The molecule has 0 radical (unpaired) electrons. The predicted molar refractivity (Wildman–Crippen MR) is 114 cm³/mol. The van der Waals surface area contributed by atoms with Crippen LogP contribution in [0.3, 0.4) is 0 Å². The van der Waals surface area contributed by atoms with E-state index in [2.05, 4.69) is 20.9 Å². The van der Waals surface area contributed by atoms with Crippen molar-refractivity contribution in [1.82, 2.24) is 20.9 Å². The molecule has 0 aromatic rings.